The summed E-state index contributed by atoms with van der Waals surface area (Å²) in [5.74, 6) is -5.28. The number of unbranched alkanes of at least 4 members (excludes halogenated alkanes) is 1. The molecule has 0 bridgehead atoms. The van der Waals surface area contributed by atoms with Gasteiger partial charge in [0, 0.05) is 6.92 Å². The van der Waals surface area contributed by atoms with Gasteiger partial charge in [-0.25, -0.2) is 4.79 Å². The maximum Gasteiger partial charge on any atom is 0.328 e. The fourth-order valence-electron chi connectivity index (χ4n) is 2.26. The summed E-state index contributed by atoms with van der Waals surface area (Å²) in [5.41, 5.74) is 20.0. The van der Waals surface area contributed by atoms with E-state index in [4.69, 9.17) is 42.7 Å². The first-order chi connectivity index (χ1) is 17.1. The smallest absolute Gasteiger partial charge is 0.328 e. The Morgan fingerprint density at radius 1 is 0.946 bits per heavy atom. The summed E-state index contributed by atoms with van der Waals surface area (Å²) in [7, 11) is 0. The molecule has 0 radical (unpaired) electrons. The van der Waals surface area contributed by atoms with Crippen molar-refractivity contribution in [3.8, 4) is 0 Å². The first-order valence-electron chi connectivity index (χ1n) is 11.1. The van der Waals surface area contributed by atoms with Crippen molar-refractivity contribution in [3.63, 3.8) is 0 Å². The van der Waals surface area contributed by atoms with Gasteiger partial charge in [0.05, 0.1) is 13.0 Å². The summed E-state index contributed by atoms with van der Waals surface area (Å²) in [6.07, 6.45) is 3.64. The summed E-state index contributed by atoms with van der Waals surface area (Å²) < 4.78 is 0. The molecule has 0 aromatic carbocycles. The van der Waals surface area contributed by atoms with Gasteiger partial charge in [-0.1, -0.05) is 6.42 Å². The van der Waals surface area contributed by atoms with Gasteiger partial charge in [-0.2, -0.15) is 0 Å². The third-order valence-electron chi connectivity index (χ3n) is 4.24. The van der Waals surface area contributed by atoms with Crippen LogP contribution in [0.3, 0.4) is 0 Å². The fourth-order valence-corrected chi connectivity index (χ4v) is 2.26. The number of carbonyl (C=O) groups is 6. The lowest BCUT2D eigenvalue weighted by Gasteiger charge is -2.08. The molecule has 2 amide bonds. The molecule has 17 heteroatoms. The largest absolute Gasteiger partial charge is 0.480 e. The van der Waals surface area contributed by atoms with Crippen LogP contribution in [-0.2, 0) is 28.8 Å². The number of carboxylic acid groups (broad SMARTS) is 4. The lowest BCUT2D eigenvalue weighted by Crippen LogP contribution is -2.42. The molecule has 17 nitrogen and oxygen atoms in total. The van der Waals surface area contributed by atoms with Gasteiger partial charge in [-0.15, -0.1) is 0 Å². The van der Waals surface area contributed by atoms with E-state index in [9.17, 15) is 28.8 Å². The second-order valence-corrected chi connectivity index (χ2v) is 7.61. The molecule has 4 atom stereocenters. The van der Waals surface area contributed by atoms with Crippen LogP contribution in [0, 0.1) is 0 Å². The molecule has 1 fully saturated rings. The molecule has 0 spiro atoms. The van der Waals surface area contributed by atoms with Crippen LogP contribution in [-0.4, -0.2) is 105 Å². The second-order valence-electron chi connectivity index (χ2n) is 7.61. The highest BCUT2D eigenvalue weighted by molar-refractivity contribution is 5.83. The second kappa shape index (κ2) is 23.0. The molecule has 0 unspecified atom stereocenters. The Labute approximate surface area is 213 Å². The average Bonchev–Trinajstić information content (AvgIpc) is 3.33. The summed E-state index contributed by atoms with van der Waals surface area (Å²) in [6, 6.07) is -3.33. The number of carbonyl (C=O) groups excluding carboxylic acids is 2. The van der Waals surface area contributed by atoms with Crippen LogP contribution in [0.15, 0.2) is 0 Å². The fraction of sp³-hybridized carbons (Fsp3) is 0.700. The molecule has 15 N–H and O–H groups in total. The van der Waals surface area contributed by atoms with Crippen LogP contribution in [0.25, 0.3) is 0 Å². The molecule has 1 aliphatic rings. The highest BCUT2D eigenvalue weighted by Gasteiger charge is 2.20. The number of hydrogen-bond acceptors (Lipinski definition) is 11. The van der Waals surface area contributed by atoms with Gasteiger partial charge in [0.15, 0.2) is 0 Å². The first kappa shape index (κ1) is 38.2. The molecule has 37 heavy (non-hydrogen) atoms. The van der Waals surface area contributed by atoms with Gasteiger partial charge in [0.2, 0.25) is 11.8 Å². The van der Waals surface area contributed by atoms with Crippen molar-refractivity contribution >= 4 is 35.7 Å². The predicted octanol–water partition coefficient (Wildman–Crippen LogP) is -3.81. The van der Waals surface area contributed by atoms with Crippen molar-refractivity contribution in [1.29, 1.82) is 0 Å². The van der Waals surface area contributed by atoms with Crippen LogP contribution in [0.1, 0.15) is 45.4 Å². The maximum absolute atomic E-state index is 10.2. The Bertz CT molecular complexity index is 717. The monoisotopic (exact) mass is 540 g/mol. The summed E-state index contributed by atoms with van der Waals surface area (Å²) in [6.45, 7) is 2.06. The third kappa shape index (κ3) is 25.5. The number of nitrogens with two attached hydrogens (primary N) is 4. The summed E-state index contributed by atoms with van der Waals surface area (Å²) in [4.78, 5) is 60.5. The number of aliphatic hydroxyl groups excluding tert-OH is 1. The number of primary amides is 1. The van der Waals surface area contributed by atoms with Crippen molar-refractivity contribution in [1.82, 2.24) is 10.6 Å². The van der Waals surface area contributed by atoms with Crippen molar-refractivity contribution in [2.75, 3.05) is 19.7 Å². The molecule has 0 saturated carbocycles. The normalized spacial score (nSPS) is 16.0. The highest BCUT2D eigenvalue weighted by atomic mass is 16.4. The van der Waals surface area contributed by atoms with E-state index in [1.807, 2.05) is 5.32 Å². The van der Waals surface area contributed by atoms with Gasteiger partial charge in [0.1, 0.15) is 24.2 Å². The highest BCUT2D eigenvalue weighted by Crippen LogP contribution is 2.03. The van der Waals surface area contributed by atoms with Crippen LogP contribution < -0.4 is 33.6 Å². The average molecular weight is 541 g/mol. The number of rotatable bonds is 12. The van der Waals surface area contributed by atoms with E-state index in [0.717, 1.165) is 32.2 Å². The zero-order chi connectivity index (χ0) is 29.6. The maximum atomic E-state index is 10.2. The number of aliphatic hydroxyl groups is 1. The molecule has 0 aromatic heterocycles. The number of aliphatic carboxylic acids is 4. The molecule has 1 rings (SSSR count). The van der Waals surface area contributed by atoms with Crippen molar-refractivity contribution in [2.45, 2.75) is 69.6 Å². The number of carboxylic acids is 4. The first-order valence-corrected chi connectivity index (χ1v) is 11.1. The van der Waals surface area contributed by atoms with E-state index in [2.05, 4.69) is 11.1 Å². The minimum atomic E-state index is -1.24. The Morgan fingerprint density at radius 2 is 1.49 bits per heavy atom. The van der Waals surface area contributed by atoms with Crippen LogP contribution in [0.2, 0.25) is 0 Å². The molecule has 1 heterocycles. The van der Waals surface area contributed by atoms with Crippen molar-refractivity contribution in [3.05, 3.63) is 0 Å². The zero-order valence-electron chi connectivity index (χ0n) is 20.7. The number of hydrogen-bond donors (Lipinski definition) is 11. The zero-order valence-corrected chi connectivity index (χ0v) is 20.7. The molecular formula is C20H40N6O11. The number of amides is 2. The molecular weight excluding hydrogens is 500 g/mol. The molecule has 1 saturated heterocycles. The Balaban J connectivity index is -0.000000418. The van der Waals surface area contributed by atoms with Crippen molar-refractivity contribution in [2.24, 2.45) is 22.9 Å². The third-order valence-corrected chi connectivity index (χ3v) is 4.24. The molecule has 0 aliphatic carbocycles. The predicted molar refractivity (Wildman–Crippen MR) is 129 cm³/mol. The standard InChI is InChI=1S/C6H14N2O2.C5H9NO4.C5H9NO2.C4H8N2O3/c7-4-2-1-3-5(8)6(9)10;1-3(8)6-4(2-7)5(9)10;7-5(8)4-2-1-3-6-4;5-2(4(8)9)1-3(6)7/h5H,1-4,7-8H2,(H,9,10);4,7H,2H2,1H3,(H,6,8)(H,9,10);4,6H,1-3H2,(H,7,8);2H,1,5H2,(H2,6,7)(H,8,9)/t5-;2*4-;2-/m0000/s1. The minimum Gasteiger partial charge on any atom is -0.480 e. The van der Waals surface area contributed by atoms with E-state index >= 15 is 0 Å². The lowest BCUT2D eigenvalue weighted by molar-refractivity contribution is -0.142. The van der Waals surface area contributed by atoms with Gasteiger partial charge >= 0.3 is 23.9 Å². The Kier molecular flexibility index (Phi) is 23.8. The van der Waals surface area contributed by atoms with Crippen molar-refractivity contribution < 1.29 is 54.3 Å². The van der Waals surface area contributed by atoms with Gasteiger partial charge < -0.3 is 59.1 Å². The SMILES string of the molecule is CC(=O)N[C@@H](CO)C(=O)O.NC(=O)C[C@H](N)C(=O)O.NCCCC[C@H](N)C(=O)O.O=C(O)[C@@H]1CCCN1. The van der Waals surface area contributed by atoms with E-state index in [1.54, 1.807) is 0 Å². The van der Waals surface area contributed by atoms with E-state index in [0.29, 0.717) is 13.0 Å². The minimum absolute atomic E-state index is 0.269. The van der Waals surface area contributed by atoms with E-state index in [1.165, 1.54) is 6.92 Å². The number of nitrogens with one attached hydrogen (secondary N) is 2. The molecule has 1 aliphatic heterocycles. The molecule has 0 aromatic rings. The van der Waals surface area contributed by atoms with Crippen LogP contribution >= 0.6 is 0 Å². The quantitative estimate of drug-likeness (QED) is 0.106. The van der Waals surface area contributed by atoms with E-state index < -0.39 is 60.4 Å². The van der Waals surface area contributed by atoms with Crippen LogP contribution in [0.4, 0.5) is 0 Å². The summed E-state index contributed by atoms with van der Waals surface area (Å²) >= 11 is 0. The van der Waals surface area contributed by atoms with Gasteiger partial charge in [-0.3, -0.25) is 24.0 Å². The topological polar surface area (TPSA) is 332 Å². The Morgan fingerprint density at radius 3 is 1.70 bits per heavy atom. The summed E-state index contributed by atoms with van der Waals surface area (Å²) in [5, 5.41) is 46.3. The lowest BCUT2D eigenvalue weighted by atomic mass is 10.1. The van der Waals surface area contributed by atoms with Crippen LogP contribution in [0.5, 0.6) is 0 Å². The molecule has 216 valence electrons. The van der Waals surface area contributed by atoms with E-state index in [-0.39, 0.29) is 12.5 Å². The van der Waals surface area contributed by atoms with Gasteiger partial charge in [-0.05, 0) is 38.8 Å². The van der Waals surface area contributed by atoms with Gasteiger partial charge in [0.25, 0.3) is 0 Å². The Hall–Kier alpha value is -3.38.